The van der Waals surface area contributed by atoms with Crippen LogP contribution >= 0.6 is 0 Å². The number of carbonyl (C=O) groups is 2. The van der Waals surface area contributed by atoms with E-state index in [-0.39, 0.29) is 11.8 Å². The summed E-state index contributed by atoms with van der Waals surface area (Å²) in [5.41, 5.74) is 3.78. The van der Waals surface area contributed by atoms with Crippen LogP contribution in [0.4, 0.5) is 5.69 Å². The van der Waals surface area contributed by atoms with Crippen LogP contribution in [0.5, 0.6) is 0 Å². The van der Waals surface area contributed by atoms with Gasteiger partial charge in [-0.2, -0.15) is 10.2 Å². The van der Waals surface area contributed by atoms with Crippen LogP contribution in [-0.2, 0) is 18.4 Å². The van der Waals surface area contributed by atoms with Crippen molar-refractivity contribution in [1.29, 1.82) is 0 Å². The Morgan fingerprint density at radius 3 is 2.70 bits per heavy atom. The number of rotatable bonds is 5. The van der Waals surface area contributed by atoms with Crippen LogP contribution in [0.25, 0.3) is 11.3 Å². The van der Waals surface area contributed by atoms with Crippen molar-refractivity contribution in [3.05, 3.63) is 54.0 Å². The summed E-state index contributed by atoms with van der Waals surface area (Å²) in [6.45, 7) is 5.40. The number of amides is 2. The number of piperidine rings is 1. The molecule has 1 unspecified atom stereocenters. The van der Waals surface area contributed by atoms with Gasteiger partial charge < -0.3 is 10.2 Å². The highest BCUT2D eigenvalue weighted by Crippen LogP contribution is 2.24. The Kier molecular flexibility index (Phi) is 5.39. The molecule has 0 bridgehead atoms. The number of benzene rings is 1. The van der Waals surface area contributed by atoms with Gasteiger partial charge in [-0.15, -0.1) is 0 Å². The van der Waals surface area contributed by atoms with Gasteiger partial charge in [-0.3, -0.25) is 19.0 Å². The summed E-state index contributed by atoms with van der Waals surface area (Å²) in [4.78, 5) is 27.9. The Morgan fingerprint density at radius 1 is 1.23 bits per heavy atom. The van der Waals surface area contributed by atoms with E-state index in [1.54, 1.807) is 33.7 Å². The maximum Gasteiger partial charge on any atom is 0.255 e. The maximum absolute atomic E-state index is 13.1. The number of aryl methyl sites for hydroxylation is 3. The van der Waals surface area contributed by atoms with Crippen molar-refractivity contribution < 1.29 is 9.59 Å². The van der Waals surface area contributed by atoms with Crippen molar-refractivity contribution in [1.82, 2.24) is 24.9 Å². The molecule has 4 rings (SSSR count). The molecule has 8 heteroatoms. The van der Waals surface area contributed by atoms with Gasteiger partial charge in [0.15, 0.2) is 0 Å². The minimum atomic E-state index is -0.557. The standard InChI is InChI=1S/C22H26N6O2/c1-4-27-13-16(12-23-27)20-18(14-26(3)25-20)21(29)24-19-6-5-11-28(22(19)30)17-9-7-15(2)8-10-17/h7-10,12-14,19H,4-6,11H2,1-3H3,(H,24,29). The highest BCUT2D eigenvalue weighted by molar-refractivity contribution is 6.05. The molecule has 2 aromatic heterocycles. The van der Waals surface area contributed by atoms with Crippen molar-refractivity contribution in [2.45, 2.75) is 39.3 Å². The Labute approximate surface area is 175 Å². The van der Waals surface area contributed by atoms with E-state index < -0.39 is 6.04 Å². The van der Waals surface area contributed by atoms with Crippen LogP contribution in [0.2, 0.25) is 0 Å². The smallest absolute Gasteiger partial charge is 0.255 e. The molecule has 0 radical (unpaired) electrons. The normalized spacial score (nSPS) is 16.7. The second kappa shape index (κ2) is 8.14. The van der Waals surface area contributed by atoms with Gasteiger partial charge in [-0.25, -0.2) is 0 Å². The second-order valence-electron chi connectivity index (χ2n) is 7.64. The molecule has 0 saturated carbocycles. The predicted molar refractivity (Wildman–Crippen MR) is 114 cm³/mol. The molecule has 0 aliphatic carbocycles. The molecular weight excluding hydrogens is 380 g/mol. The number of aromatic nitrogens is 4. The van der Waals surface area contributed by atoms with Gasteiger partial charge in [0.1, 0.15) is 11.7 Å². The summed E-state index contributed by atoms with van der Waals surface area (Å²) in [5.74, 6) is -0.380. The van der Waals surface area contributed by atoms with E-state index >= 15 is 0 Å². The lowest BCUT2D eigenvalue weighted by Crippen LogP contribution is -2.52. The average Bonchev–Trinajstić information content (AvgIpc) is 3.36. The van der Waals surface area contributed by atoms with Crippen molar-refractivity contribution in [2.75, 3.05) is 11.4 Å². The molecule has 8 nitrogen and oxygen atoms in total. The molecule has 1 aromatic carbocycles. The fraction of sp³-hybridized carbons (Fsp3) is 0.364. The van der Waals surface area contributed by atoms with Crippen molar-refractivity contribution >= 4 is 17.5 Å². The molecule has 1 saturated heterocycles. The summed E-state index contributed by atoms with van der Waals surface area (Å²) < 4.78 is 3.39. The summed E-state index contributed by atoms with van der Waals surface area (Å²) >= 11 is 0. The Bertz CT molecular complexity index is 1070. The number of anilines is 1. The number of nitrogens with zero attached hydrogens (tertiary/aromatic N) is 5. The minimum absolute atomic E-state index is 0.0808. The van der Waals surface area contributed by atoms with Crippen LogP contribution in [0.1, 0.15) is 35.7 Å². The Balaban J connectivity index is 1.54. The summed E-state index contributed by atoms with van der Waals surface area (Å²) in [6, 6.07) is 7.31. The quantitative estimate of drug-likeness (QED) is 0.706. The van der Waals surface area contributed by atoms with E-state index in [0.717, 1.165) is 29.8 Å². The van der Waals surface area contributed by atoms with E-state index in [0.29, 0.717) is 24.2 Å². The van der Waals surface area contributed by atoms with Gasteiger partial charge in [-0.05, 0) is 38.8 Å². The van der Waals surface area contributed by atoms with Gasteiger partial charge in [0, 0.05) is 43.8 Å². The third-order valence-electron chi connectivity index (χ3n) is 5.39. The van der Waals surface area contributed by atoms with E-state index in [1.165, 1.54) is 0 Å². The lowest BCUT2D eigenvalue weighted by molar-refractivity contribution is -0.121. The lowest BCUT2D eigenvalue weighted by Gasteiger charge is -2.32. The number of hydrogen-bond acceptors (Lipinski definition) is 4. The third kappa shape index (κ3) is 3.85. The average molecular weight is 406 g/mol. The van der Waals surface area contributed by atoms with Crippen LogP contribution in [0, 0.1) is 6.92 Å². The summed E-state index contributed by atoms with van der Waals surface area (Å²) in [6.07, 6.45) is 6.69. The van der Waals surface area contributed by atoms with Crippen LogP contribution in [0.15, 0.2) is 42.9 Å². The highest BCUT2D eigenvalue weighted by Gasteiger charge is 2.32. The first-order valence-corrected chi connectivity index (χ1v) is 10.2. The Hall–Kier alpha value is -3.42. The number of hydrogen-bond donors (Lipinski definition) is 1. The first kappa shape index (κ1) is 19.9. The molecule has 3 aromatic rings. The molecule has 1 fully saturated rings. The van der Waals surface area contributed by atoms with Crippen LogP contribution in [-0.4, -0.2) is 44.0 Å². The largest absolute Gasteiger partial charge is 0.340 e. The number of nitrogens with one attached hydrogen (secondary N) is 1. The van der Waals surface area contributed by atoms with E-state index in [1.807, 2.05) is 44.3 Å². The zero-order valence-electron chi connectivity index (χ0n) is 17.5. The minimum Gasteiger partial charge on any atom is -0.340 e. The maximum atomic E-state index is 13.1. The highest BCUT2D eigenvalue weighted by atomic mass is 16.2. The van der Waals surface area contributed by atoms with Gasteiger partial charge in [0.05, 0.1) is 11.8 Å². The van der Waals surface area contributed by atoms with Crippen molar-refractivity contribution in [3.8, 4) is 11.3 Å². The SMILES string of the molecule is CCn1cc(-c2nn(C)cc2C(=O)NC2CCCN(c3ccc(C)cc3)C2=O)cn1. The van der Waals surface area contributed by atoms with Gasteiger partial charge in [-0.1, -0.05) is 17.7 Å². The topological polar surface area (TPSA) is 85.0 Å². The number of carbonyl (C=O) groups excluding carboxylic acids is 2. The first-order valence-electron chi connectivity index (χ1n) is 10.2. The molecule has 3 heterocycles. The van der Waals surface area contributed by atoms with E-state index in [4.69, 9.17) is 0 Å². The zero-order valence-corrected chi connectivity index (χ0v) is 17.5. The van der Waals surface area contributed by atoms with Crippen molar-refractivity contribution in [3.63, 3.8) is 0 Å². The molecule has 2 amide bonds. The molecule has 0 spiro atoms. The molecule has 1 aliphatic rings. The van der Waals surface area contributed by atoms with Gasteiger partial charge in [0.2, 0.25) is 5.91 Å². The zero-order chi connectivity index (χ0) is 21.3. The van der Waals surface area contributed by atoms with E-state index in [2.05, 4.69) is 15.5 Å². The summed E-state index contributed by atoms with van der Waals surface area (Å²) in [7, 11) is 1.77. The molecule has 156 valence electrons. The molecular formula is C22H26N6O2. The van der Waals surface area contributed by atoms with Crippen LogP contribution < -0.4 is 10.2 Å². The van der Waals surface area contributed by atoms with E-state index in [9.17, 15) is 9.59 Å². The first-order chi connectivity index (χ1) is 14.5. The molecule has 1 aliphatic heterocycles. The second-order valence-corrected chi connectivity index (χ2v) is 7.64. The fourth-order valence-corrected chi connectivity index (χ4v) is 3.75. The third-order valence-corrected chi connectivity index (χ3v) is 5.39. The van der Waals surface area contributed by atoms with Crippen LogP contribution in [0.3, 0.4) is 0 Å². The fourth-order valence-electron chi connectivity index (χ4n) is 3.75. The monoisotopic (exact) mass is 406 g/mol. The van der Waals surface area contributed by atoms with Crippen molar-refractivity contribution in [2.24, 2.45) is 7.05 Å². The predicted octanol–water partition coefficient (Wildman–Crippen LogP) is 2.54. The Morgan fingerprint density at radius 2 is 2.00 bits per heavy atom. The molecule has 1 atom stereocenters. The van der Waals surface area contributed by atoms with Gasteiger partial charge >= 0.3 is 0 Å². The molecule has 30 heavy (non-hydrogen) atoms. The molecule has 1 N–H and O–H groups in total. The summed E-state index contributed by atoms with van der Waals surface area (Å²) in [5, 5.41) is 11.6. The van der Waals surface area contributed by atoms with Gasteiger partial charge in [0.25, 0.3) is 5.91 Å². The lowest BCUT2D eigenvalue weighted by atomic mass is 10.0.